The fourth-order valence-corrected chi connectivity index (χ4v) is 4.41. The van der Waals surface area contributed by atoms with Crippen LogP contribution in [0.5, 0.6) is 0 Å². The average molecular weight is 289 g/mol. The predicted octanol–water partition coefficient (Wildman–Crippen LogP) is 2.39. The van der Waals surface area contributed by atoms with Crippen LogP contribution in [0.4, 0.5) is 4.39 Å². The lowest BCUT2D eigenvalue weighted by atomic mass is 10.2. The van der Waals surface area contributed by atoms with Crippen LogP contribution in [0.15, 0.2) is 29.2 Å². The summed E-state index contributed by atoms with van der Waals surface area (Å²) < 4.78 is 39.8. The smallest absolute Gasteiger partial charge is 0.210 e. The van der Waals surface area contributed by atoms with E-state index in [1.807, 2.05) is 0 Å². The van der Waals surface area contributed by atoms with Crippen LogP contribution < -0.4 is 4.72 Å². The van der Waals surface area contributed by atoms with Gasteiger partial charge in [-0.2, -0.15) is 11.8 Å². The molecule has 1 unspecified atom stereocenters. The number of thioether (sulfide) groups is 1. The van der Waals surface area contributed by atoms with Crippen LogP contribution in [-0.4, -0.2) is 26.0 Å². The topological polar surface area (TPSA) is 46.2 Å². The van der Waals surface area contributed by atoms with E-state index in [1.165, 1.54) is 24.6 Å². The molecular weight excluding hydrogens is 273 g/mol. The van der Waals surface area contributed by atoms with Crippen LogP contribution in [-0.2, 0) is 10.0 Å². The van der Waals surface area contributed by atoms with Crippen LogP contribution in [0.25, 0.3) is 0 Å². The van der Waals surface area contributed by atoms with E-state index in [9.17, 15) is 12.8 Å². The van der Waals surface area contributed by atoms with Crippen molar-refractivity contribution < 1.29 is 12.8 Å². The summed E-state index contributed by atoms with van der Waals surface area (Å²) >= 11 is 1.78. The largest absolute Gasteiger partial charge is 0.243 e. The third-order valence-corrected chi connectivity index (χ3v) is 5.76. The summed E-state index contributed by atoms with van der Waals surface area (Å²) in [6.45, 7) is 0.376. The second-order valence-corrected chi connectivity index (χ2v) is 7.41. The summed E-state index contributed by atoms with van der Waals surface area (Å²) in [6, 6.07) is 5.44. The minimum absolute atomic E-state index is 0.272. The van der Waals surface area contributed by atoms with Crippen molar-refractivity contribution in [2.75, 3.05) is 12.3 Å². The van der Waals surface area contributed by atoms with Crippen LogP contribution in [0.3, 0.4) is 0 Å². The second kappa shape index (κ2) is 6.04. The second-order valence-electron chi connectivity index (χ2n) is 4.27. The van der Waals surface area contributed by atoms with Crippen molar-refractivity contribution in [1.82, 2.24) is 4.72 Å². The van der Waals surface area contributed by atoms with E-state index < -0.39 is 15.8 Å². The standard InChI is InChI=1S/C12H16FNO2S2/c13-11-6-1-2-7-12(11)18(15,16)14-9-10-5-3-4-8-17-10/h1-2,6-7,10,14H,3-5,8-9H2. The predicted molar refractivity (Wildman–Crippen MR) is 71.7 cm³/mol. The molecule has 6 heteroatoms. The summed E-state index contributed by atoms with van der Waals surface area (Å²) in [7, 11) is -3.73. The lowest BCUT2D eigenvalue weighted by molar-refractivity contribution is 0.553. The van der Waals surface area contributed by atoms with E-state index in [0.717, 1.165) is 24.7 Å². The molecule has 0 radical (unpaired) electrons. The molecule has 1 aromatic carbocycles. The molecule has 100 valence electrons. The maximum Gasteiger partial charge on any atom is 0.243 e. The van der Waals surface area contributed by atoms with Gasteiger partial charge in [0.2, 0.25) is 10.0 Å². The molecule has 2 rings (SSSR count). The summed E-state index contributed by atoms with van der Waals surface area (Å²) in [5.41, 5.74) is 0. The molecular formula is C12H16FNO2S2. The zero-order valence-corrected chi connectivity index (χ0v) is 11.6. The van der Waals surface area contributed by atoms with Gasteiger partial charge in [0.15, 0.2) is 0 Å². The van der Waals surface area contributed by atoms with Crippen molar-refractivity contribution in [2.24, 2.45) is 0 Å². The highest BCUT2D eigenvalue weighted by Gasteiger charge is 2.21. The van der Waals surface area contributed by atoms with Crippen molar-refractivity contribution in [3.8, 4) is 0 Å². The van der Waals surface area contributed by atoms with Crippen molar-refractivity contribution in [3.63, 3.8) is 0 Å². The zero-order chi connectivity index (χ0) is 13.0. The molecule has 1 aliphatic rings. The number of benzene rings is 1. The molecule has 1 N–H and O–H groups in total. The van der Waals surface area contributed by atoms with Crippen LogP contribution in [0.2, 0.25) is 0 Å². The fourth-order valence-electron chi connectivity index (χ4n) is 1.91. The number of sulfonamides is 1. The number of hydrogen-bond donors (Lipinski definition) is 1. The highest BCUT2D eigenvalue weighted by Crippen LogP contribution is 2.24. The number of nitrogens with one attached hydrogen (secondary N) is 1. The molecule has 1 fully saturated rings. The first-order valence-electron chi connectivity index (χ1n) is 5.95. The molecule has 1 heterocycles. The molecule has 0 saturated carbocycles. The minimum Gasteiger partial charge on any atom is -0.210 e. The van der Waals surface area contributed by atoms with Gasteiger partial charge in [-0.05, 0) is 30.7 Å². The van der Waals surface area contributed by atoms with Crippen LogP contribution >= 0.6 is 11.8 Å². The molecule has 0 spiro atoms. The molecule has 18 heavy (non-hydrogen) atoms. The van der Waals surface area contributed by atoms with Gasteiger partial charge < -0.3 is 0 Å². The van der Waals surface area contributed by atoms with Gasteiger partial charge in [-0.25, -0.2) is 17.5 Å². The minimum atomic E-state index is -3.73. The Balaban J connectivity index is 2.01. The van der Waals surface area contributed by atoms with Gasteiger partial charge in [0, 0.05) is 11.8 Å². The number of halogens is 1. The molecule has 0 amide bonds. The lowest BCUT2D eigenvalue weighted by Gasteiger charge is -2.21. The van der Waals surface area contributed by atoms with Crippen LogP contribution in [0.1, 0.15) is 19.3 Å². The molecule has 1 aliphatic heterocycles. The lowest BCUT2D eigenvalue weighted by Crippen LogP contribution is -2.32. The Morgan fingerprint density at radius 1 is 1.33 bits per heavy atom. The van der Waals surface area contributed by atoms with E-state index in [1.54, 1.807) is 11.8 Å². The Morgan fingerprint density at radius 2 is 2.11 bits per heavy atom. The molecule has 1 atom stereocenters. The first kappa shape index (κ1) is 13.8. The van der Waals surface area contributed by atoms with Gasteiger partial charge in [-0.15, -0.1) is 0 Å². The van der Waals surface area contributed by atoms with Crippen LogP contribution in [0, 0.1) is 5.82 Å². The Bertz CT molecular complexity index is 499. The van der Waals surface area contributed by atoms with Crippen molar-refractivity contribution >= 4 is 21.8 Å². The van der Waals surface area contributed by atoms with Gasteiger partial charge in [0.25, 0.3) is 0 Å². The Labute approximate surface area is 111 Å². The summed E-state index contributed by atoms with van der Waals surface area (Å²) in [4.78, 5) is -0.272. The van der Waals surface area contributed by atoms with E-state index in [4.69, 9.17) is 0 Å². The van der Waals surface area contributed by atoms with Crippen molar-refractivity contribution in [2.45, 2.75) is 29.4 Å². The maximum atomic E-state index is 13.4. The third kappa shape index (κ3) is 3.46. The number of hydrogen-bond acceptors (Lipinski definition) is 3. The normalized spacial score (nSPS) is 20.8. The van der Waals surface area contributed by atoms with Gasteiger partial charge >= 0.3 is 0 Å². The molecule has 0 bridgehead atoms. The molecule has 0 aromatic heterocycles. The quantitative estimate of drug-likeness (QED) is 0.926. The van der Waals surface area contributed by atoms with Gasteiger partial charge in [-0.1, -0.05) is 18.6 Å². The summed E-state index contributed by atoms with van der Waals surface area (Å²) in [5.74, 6) is 0.368. The van der Waals surface area contributed by atoms with E-state index in [0.29, 0.717) is 11.8 Å². The SMILES string of the molecule is O=S(=O)(NCC1CCCCS1)c1ccccc1F. The third-order valence-electron chi connectivity index (χ3n) is 2.90. The van der Waals surface area contributed by atoms with Gasteiger partial charge in [0.1, 0.15) is 10.7 Å². The first-order valence-corrected chi connectivity index (χ1v) is 8.48. The molecule has 1 saturated heterocycles. The van der Waals surface area contributed by atoms with Crippen molar-refractivity contribution in [1.29, 1.82) is 0 Å². The first-order chi connectivity index (χ1) is 8.59. The van der Waals surface area contributed by atoms with E-state index >= 15 is 0 Å². The fraction of sp³-hybridized carbons (Fsp3) is 0.500. The highest BCUT2D eigenvalue weighted by atomic mass is 32.2. The van der Waals surface area contributed by atoms with E-state index in [2.05, 4.69) is 4.72 Å². The Kier molecular flexibility index (Phi) is 4.64. The molecule has 0 aliphatic carbocycles. The maximum absolute atomic E-state index is 13.4. The Hall–Kier alpha value is -0.590. The monoisotopic (exact) mass is 289 g/mol. The summed E-state index contributed by atoms with van der Waals surface area (Å²) in [6.07, 6.45) is 3.35. The van der Waals surface area contributed by atoms with Gasteiger partial charge in [-0.3, -0.25) is 0 Å². The van der Waals surface area contributed by atoms with E-state index in [-0.39, 0.29) is 4.90 Å². The van der Waals surface area contributed by atoms with Crippen molar-refractivity contribution in [3.05, 3.63) is 30.1 Å². The Morgan fingerprint density at radius 3 is 2.78 bits per heavy atom. The number of rotatable bonds is 4. The average Bonchev–Trinajstić information content (AvgIpc) is 2.38. The summed E-state index contributed by atoms with van der Waals surface area (Å²) in [5, 5.41) is 0.306. The molecule has 1 aromatic rings. The molecule has 3 nitrogen and oxygen atoms in total. The highest BCUT2D eigenvalue weighted by molar-refractivity contribution is 8.00. The zero-order valence-electron chi connectivity index (χ0n) is 9.93. The van der Waals surface area contributed by atoms with Gasteiger partial charge in [0.05, 0.1) is 0 Å².